The van der Waals surface area contributed by atoms with Gasteiger partial charge in [-0.1, -0.05) is 0 Å². The lowest BCUT2D eigenvalue weighted by Crippen LogP contribution is -2.38. The van der Waals surface area contributed by atoms with Crippen LogP contribution in [-0.4, -0.2) is 48.0 Å². The predicted molar refractivity (Wildman–Crippen MR) is 66.3 cm³/mol. The molecule has 3 nitrogen and oxygen atoms in total. The summed E-state index contributed by atoms with van der Waals surface area (Å²) in [6, 6.07) is 1.96. The number of aliphatic hydroxyl groups is 2. The lowest BCUT2D eigenvalue weighted by molar-refractivity contribution is 0.0926. The lowest BCUT2D eigenvalue weighted by atomic mass is 10.2. The molecular formula is C10H16BrNO2S. The first-order chi connectivity index (χ1) is 7.17. The van der Waals surface area contributed by atoms with E-state index >= 15 is 0 Å². The fourth-order valence-corrected chi connectivity index (χ4v) is 2.73. The van der Waals surface area contributed by atoms with Gasteiger partial charge in [-0.05, 0) is 35.5 Å². The van der Waals surface area contributed by atoms with Gasteiger partial charge in [-0.2, -0.15) is 0 Å². The third-order valence-corrected chi connectivity index (χ3v) is 4.13. The number of halogens is 1. The third kappa shape index (κ3) is 4.20. The molecule has 1 heterocycles. The lowest BCUT2D eigenvalue weighted by Gasteiger charge is -2.24. The van der Waals surface area contributed by atoms with Crippen LogP contribution < -0.4 is 0 Å². The maximum atomic E-state index is 8.99. The smallest absolute Gasteiger partial charge is 0.0609 e. The first kappa shape index (κ1) is 13.1. The normalized spacial score (nSPS) is 11.6. The SMILES string of the molecule is CN(CCc1cc(Br)cs1)C(CO)CO. The molecule has 0 fully saturated rings. The third-order valence-electron chi connectivity index (χ3n) is 2.38. The summed E-state index contributed by atoms with van der Waals surface area (Å²) in [5.74, 6) is 0. The van der Waals surface area contributed by atoms with Crippen LogP contribution in [0.15, 0.2) is 15.9 Å². The minimum absolute atomic E-state index is 0.00113. The van der Waals surface area contributed by atoms with Crippen molar-refractivity contribution in [3.05, 3.63) is 20.8 Å². The Labute approximate surface area is 102 Å². The van der Waals surface area contributed by atoms with Gasteiger partial charge in [0.2, 0.25) is 0 Å². The molecule has 0 aromatic carbocycles. The van der Waals surface area contributed by atoms with E-state index in [4.69, 9.17) is 10.2 Å². The van der Waals surface area contributed by atoms with E-state index in [1.165, 1.54) is 4.88 Å². The van der Waals surface area contributed by atoms with Gasteiger partial charge in [0, 0.05) is 21.3 Å². The summed E-state index contributed by atoms with van der Waals surface area (Å²) >= 11 is 5.13. The summed E-state index contributed by atoms with van der Waals surface area (Å²) in [5, 5.41) is 20.0. The standard InChI is InChI=1S/C10H16BrNO2S/c1-12(9(5-13)6-14)3-2-10-4-8(11)7-15-10/h4,7,9,13-14H,2-3,5-6H2,1H3. The molecule has 0 atom stereocenters. The number of likely N-dealkylation sites (N-methyl/N-ethyl adjacent to an activating group) is 1. The van der Waals surface area contributed by atoms with E-state index in [-0.39, 0.29) is 19.3 Å². The zero-order valence-corrected chi connectivity index (χ0v) is 11.1. The van der Waals surface area contributed by atoms with Gasteiger partial charge in [0.15, 0.2) is 0 Å². The summed E-state index contributed by atoms with van der Waals surface area (Å²) < 4.78 is 1.12. The van der Waals surface area contributed by atoms with Gasteiger partial charge in [-0.25, -0.2) is 0 Å². The van der Waals surface area contributed by atoms with E-state index in [2.05, 4.69) is 27.4 Å². The maximum Gasteiger partial charge on any atom is 0.0609 e. The molecule has 1 rings (SSSR count). The van der Waals surface area contributed by atoms with Crippen LogP contribution in [0.3, 0.4) is 0 Å². The molecular weight excluding hydrogens is 278 g/mol. The number of aliphatic hydroxyl groups excluding tert-OH is 2. The largest absolute Gasteiger partial charge is 0.395 e. The van der Waals surface area contributed by atoms with Crippen molar-refractivity contribution in [1.82, 2.24) is 4.90 Å². The van der Waals surface area contributed by atoms with Gasteiger partial charge < -0.3 is 10.2 Å². The van der Waals surface area contributed by atoms with Crippen molar-refractivity contribution in [3.63, 3.8) is 0 Å². The molecule has 0 amide bonds. The van der Waals surface area contributed by atoms with Crippen LogP contribution in [0.4, 0.5) is 0 Å². The molecule has 0 unspecified atom stereocenters. The van der Waals surface area contributed by atoms with Gasteiger partial charge in [-0.15, -0.1) is 11.3 Å². The van der Waals surface area contributed by atoms with Crippen LogP contribution in [0.1, 0.15) is 4.88 Å². The van der Waals surface area contributed by atoms with Crippen LogP contribution in [0.5, 0.6) is 0 Å². The van der Waals surface area contributed by atoms with Crippen LogP contribution in [0.2, 0.25) is 0 Å². The maximum absolute atomic E-state index is 8.99. The molecule has 0 aliphatic rings. The van der Waals surface area contributed by atoms with Crippen molar-refractivity contribution in [2.75, 3.05) is 26.8 Å². The van der Waals surface area contributed by atoms with E-state index in [0.29, 0.717) is 0 Å². The van der Waals surface area contributed by atoms with Gasteiger partial charge in [0.25, 0.3) is 0 Å². The highest BCUT2D eigenvalue weighted by atomic mass is 79.9. The summed E-state index contributed by atoms with van der Waals surface area (Å²) in [6.07, 6.45) is 0.948. The molecule has 1 aromatic heterocycles. The fraction of sp³-hybridized carbons (Fsp3) is 0.600. The molecule has 2 N–H and O–H groups in total. The van der Waals surface area contributed by atoms with Crippen molar-refractivity contribution in [2.45, 2.75) is 12.5 Å². The number of thiophene rings is 1. The van der Waals surface area contributed by atoms with Gasteiger partial charge in [-0.3, -0.25) is 4.90 Å². The molecule has 5 heteroatoms. The Balaban J connectivity index is 2.36. The Morgan fingerprint density at radius 1 is 1.47 bits per heavy atom. The van der Waals surface area contributed by atoms with E-state index in [1.54, 1.807) is 11.3 Å². The van der Waals surface area contributed by atoms with Gasteiger partial charge in [0.05, 0.1) is 19.3 Å². The molecule has 15 heavy (non-hydrogen) atoms. The van der Waals surface area contributed by atoms with Crippen LogP contribution in [0.25, 0.3) is 0 Å². The summed E-state index contributed by atoms with van der Waals surface area (Å²) in [5.41, 5.74) is 0. The minimum Gasteiger partial charge on any atom is -0.395 e. The van der Waals surface area contributed by atoms with Crippen molar-refractivity contribution >= 4 is 27.3 Å². The topological polar surface area (TPSA) is 43.7 Å². The van der Waals surface area contributed by atoms with Crippen molar-refractivity contribution in [3.8, 4) is 0 Å². The molecule has 86 valence electrons. The van der Waals surface area contributed by atoms with Crippen LogP contribution in [-0.2, 0) is 6.42 Å². The highest BCUT2D eigenvalue weighted by molar-refractivity contribution is 9.10. The zero-order valence-electron chi connectivity index (χ0n) is 8.69. The highest BCUT2D eigenvalue weighted by Crippen LogP contribution is 2.20. The first-order valence-electron chi connectivity index (χ1n) is 4.82. The quantitative estimate of drug-likeness (QED) is 0.832. The minimum atomic E-state index is -0.145. The second kappa shape index (κ2) is 6.60. The van der Waals surface area contributed by atoms with Crippen molar-refractivity contribution in [1.29, 1.82) is 0 Å². The molecule has 0 saturated carbocycles. The molecule has 0 aliphatic carbocycles. The van der Waals surface area contributed by atoms with Crippen LogP contribution in [0, 0.1) is 0 Å². The second-order valence-corrected chi connectivity index (χ2v) is 5.39. The molecule has 0 saturated heterocycles. The summed E-state index contributed by atoms with van der Waals surface area (Å²) in [7, 11) is 1.92. The number of rotatable bonds is 6. The van der Waals surface area contributed by atoms with Crippen molar-refractivity contribution in [2.24, 2.45) is 0 Å². The van der Waals surface area contributed by atoms with Gasteiger partial charge >= 0.3 is 0 Å². The second-order valence-electron chi connectivity index (χ2n) is 3.48. The highest BCUT2D eigenvalue weighted by Gasteiger charge is 2.12. The Morgan fingerprint density at radius 3 is 2.60 bits per heavy atom. The van der Waals surface area contributed by atoms with E-state index in [0.717, 1.165) is 17.4 Å². The Hall–Kier alpha value is 0.0600. The van der Waals surface area contributed by atoms with E-state index < -0.39 is 0 Å². The average molecular weight is 294 g/mol. The average Bonchev–Trinajstić information content (AvgIpc) is 2.63. The summed E-state index contributed by atoms with van der Waals surface area (Å²) in [4.78, 5) is 3.29. The molecule has 1 aromatic rings. The monoisotopic (exact) mass is 293 g/mol. The number of hydrogen-bond acceptors (Lipinski definition) is 4. The molecule has 0 bridgehead atoms. The van der Waals surface area contributed by atoms with Crippen molar-refractivity contribution < 1.29 is 10.2 Å². The Morgan fingerprint density at radius 2 is 2.13 bits per heavy atom. The number of hydrogen-bond donors (Lipinski definition) is 2. The predicted octanol–water partition coefficient (Wildman–Crippen LogP) is 1.34. The number of nitrogens with zero attached hydrogens (tertiary/aromatic N) is 1. The summed E-state index contributed by atoms with van der Waals surface area (Å²) in [6.45, 7) is 0.848. The Kier molecular flexibility index (Phi) is 5.78. The molecule has 0 spiro atoms. The molecule has 0 aliphatic heterocycles. The fourth-order valence-electron chi connectivity index (χ4n) is 1.29. The Bertz CT molecular complexity index is 289. The molecule has 0 radical (unpaired) electrons. The van der Waals surface area contributed by atoms with E-state index in [9.17, 15) is 0 Å². The zero-order chi connectivity index (χ0) is 11.3. The van der Waals surface area contributed by atoms with Crippen LogP contribution >= 0.6 is 27.3 Å². The van der Waals surface area contributed by atoms with E-state index in [1.807, 2.05) is 11.9 Å². The van der Waals surface area contributed by atoms with Gasteiger partial charge in [0.1, 0.15) is 0 Å². The first-order valence-corrected chi connectivity index (χ1v) is 6.49.